The molecule has 102 valence electrons. The van der Waals surface area contributed by atoms with Gasteiger partial charge in [0.2, 0.25) is 0 Å². The van der Waals surface area contributed by atoms with E-state index < -0.39 is 0 Å². The number of hydrogen-bond donors (Lipinski definition) is 1. The number of nitrogens with two attached hydrogens (primary N) is 1. The lowest BCUT2D eigenvalue weighted by Gasteiger charge is -2.04. The van der Waals surface area contributed by atoms with Gasteiger partial charge in [-0.15, -0.1) is 0 Å². The topological polar surface area (TPSA) is 91.9 Å². The van der Waals surface area contributed by atoms with Gasteiger partial charge in [-0.1, -0.05) is 36.2 Å². The molecule has 0 spiro atoms. The molecule has 0 aliphatic rings. The average Bonchev–Trinajstić information content (AvgIpc) is 2.40. The number of nitrogens with zero attached hydrogens (tertiary/aromatic N) is 3. The Labute approximate surface area is 113 Å². The zero-order valence-corrected chi connectivity index (χ0v) is 11.1. The van der Waals surface area contributed by atoms with Crippen molar-refractivity contribution < 1.29 is 4.79 Å². The first-order chi connectivity index (χ1) is 9.24. The molecule has 0 radical (unpaired) electrons. The minimum Gasteiger partial charge on any atom is -0.398 e. The Morgan fingerprint density at radius 2 is 1.95 bits per heavy atom. The van der Waals surface area contributed by atoms with Crippen LogP contribution in [0.4, 0.5) is 5.69 Å². The molecule has 1 aromatic rings. The standard InChI is InChI=1S/C14H20N4O/c15-14-9-5-4-7-12(14)11-13(19)8-3-1-2-6-10-17-18-16/h4-5,7,9H,1-3,6,8,10-11,15H2. The van der Waals surface area contributed by atoms with E-state index >= 15 is 0 Å². The Morgan fingerprint density at radius 1 is 1.21 bits per heavy atom. The zero-order valence-electron chi connectivity index (χ0n) is 11.1. The molecule has 5 heteroatoms. The fraction of sp³-hybridized carbons (Fsp3) is 0.500. The van der Waals surface area contributed by atoms with Crippen molar-refractivity contribution >= 4 is 11.5 Å². The van der Waals surface area contributed by atoms with Crippen LogP contribution in [0.15, 0.2) is 29.4 Å². The lowest BCUT2D eigenvalue weighted by Crippen LogP contribution is -2.05. The van der Waals surface area contributed by atoms with Crippen molar-refractivity contribution in [2.45, 2.75) is 38.5 Å². The van der Waals surface area contributed by atoms with E-state index in [4.69, 9.17) is 11.3 Å². The first-order valence-electron chi connectivity index (χ1n) is 6.60. The second-order valence-electron chi connectivity index (χ2n) is 4.53. The predicted octanol–water partition coefficient (Wildman–Crippen LogP) is 3.64. The van der Waals surface area contributed by atoms with Crippen molar-refractivity contribution in [3.63, 3.8) is 0 Å². The Bertz CT molecular complexity index is 453. The molecule has 19 heavy (non-hydrogen) atoms. The summed E-state index contributed by atoms with van der Waals surface area (Å²) in [5, 5.41) is 3.47. The number of ketones is 1. The van der Waals surface area contributed by atoms with E-state index in [9.17, 15) is 4.79 Å². The van der Waals surface area contributed by atoms with Crippen LogP contribution < -0.4 is 5.73 Å². The minimum absolute atomic E-state index is 0.230. The number of benzene rings is 1. The van der Waals surface area contributed by atoms with Gasteiger partial charge in [0.15, 0.2) is 0 Å². The summed E-state index contributed by atoms with van der Waals surface area (Å²) in [4.78, 5) is 14.5. The molecule has 0 heterocycles. The van der Waals surface area contributed by atoms with Crippen LogP contribution in [-0.4, -0.2) is 12.3 Å². The van der Waals surface area contributed by atoms with Crippen LogP contribution in [0.1, 0.15) is 37.7 Å². The van der Waals surface area contributed by atoms with E-state index in [0.717, 1.165) is 31.2 Å². The van der Waals surface area contributed by atoms with Crippen LogP contribution in [0.3, 0.4) is 0 Å². The van der Waals surface area contributed by atoms with Gasteiger partial charge in [-0.2, -0.15) is 0 Å². The molecule has 0 amide bonds. The number of nitrogen functional groups attached to an aromatic ring is 1. The number of carbonyl (C=O) groups excluding carboxylic acids is 1. The number of Topliss-reactive ketones (excluding diaryl/α,β-unsaturated/α-hetero) is 1. The van der Waals surface area contributed by atoms with Gasteiger partial charge in [-0.3, -0.25) is 4.79 Å². The SMILES string of the molecule is [N-]=[N+]=NCCCCCCC(=O)Cc1ccccc1N. The molecule has 0 unspecified atom stereocenters. The Morgan fingerprint density at radius 3 is 2.68 bits per heavy atom. The highest BCUT2D eigenvalue weighted by Crippen LogP contribution is 2.13. The summed E-state index contributed by atoms with van der Waals surface area (Å²) in [6.07, 6.45) is 4.80. The molecule has 0 saturated carbocycles. The van der Waals surface area contributed by atoms with Gasteiger partial charge in [0.25, 0.3) is 0 Å². The zero-order chi connectivity index (χ0) is 13.9. The average molecular weight is 260 g/mol. The Hall–Kier alpha value is -2.00. The number of anilines is 1. The van der Waals surface area contributed by atoms with Gasteiger partial charge >= 0.3 is 0 Å². The first-order valence-corrected chi connectivity index (χ1v) is 6.60. The number of rotatable bonds is 9. The van der Waals surface area contributed by atoms with Crippen molar-refractivity contribution in [2.24, 2.45) is 5.11 Å². The summed E-state index contributed by atoms with van der Waals surface area (Å²) in [6.45, 7) is 0.547. The van der Waals surface area contributed by atoms with Crippen molar-refractivity contribution in [1.82, 2.24) is 0 Å². The van der Waals surface area contributed by atoms with Crippen LogP contribution >= 0.6 is 0 Å². The largest absolute Gasteiger partial charge is 0.398 e. The molecule has 1 aromatic carbocycles. The lowest BCUT2D eigenvalue weighted by molar-refractivity contribution is -0.118. The van der Waals surface area contributed by atoms with Gasteiger partial charge in [0, 0.05) is 30.0 Å². The molecule has 0 bridgehead atoms. The molecule has 1 rings (SSSR count). The van der Waals surface area contributed by atoms with Crippen LogP contribution in [0, 0.1) is 0 Å². The van der Waals surface area contributed by atoms with Crippen LogP contribution in [0.5, 0.6) is 0 Å². The predicted molar refractivity (Wildman–Crippen MR) is 76.7 cm³/mol. The van der Waals surface area contributed by atoms with Gasteiger partial charge in [0.05, 0.1) is 0 Å². The molecule has 0 aliphatic heterocycles. The van der Waals surface area contributed by atoms with Crippen LogP contribution in [0.2, 0.25) is 0 Å². The molecular formula is C14H20N4O. The second kappa shape index (κ2) is 9.00. The van der Waals surface area contributed by atoms with E-state index in [0.29, 0.717) is 25.1 Å². The molecule has 0 saturated heterocycles. The fourth-order valence-electron chi connectivity index (χ4n) is 1.90. The Kier molecular flexibility index (Phi) is 7.13. The maximum Gasteiger partial charge on any atom is 0.137 e. The van der Waals surface area contributed by atoms with E-state index in [1.165, 1.54) is 0 Å². The number of unbranched alkanes of at least 4 members (excludes halogenated alkanes) is 3. The van der Waals surface area contributed by atoms with Crippen molar-refractivity contribution in [2.75, 3.05) is 12.3 Å². The second-order valence-corrected chi connectivity index (χ2v) is 4.53. The summed E-state index contributed by atoms with van der Waals surface area (Å²) in [7, 11) is 0. The maximum absolute atomic E-state index is 11.8. The first kappa shape index (κ1) is 15.1. The van der Waals surface area contributed by atoms with Gasteiger partial charge in [-0.25, -0.2) is 0 Å². The van der Waals surface area contributed by atoms with Gasteiger partial charge < -0.3 is 5.73 Å². The molecule has 0 aliphatic carbocycles. The molecular weight excluding hydrogens is 240 g/mol. The van der Waals surface area contributed by atoms with Crippen LogP contribution in [0.25, 0.3) is 10.4 Å². The lowest BCUT2D eigenvalue weighted by atomic mass is 10.0. The minimum atomic E-state index is 0.230. The van der Waals surface area contributed by atoms with Gasteiger partial charge in [-0.05, 0) is 30.0 Å². The third-order valence-electron chi connectivity index (χ3n) is 2.97. The van der Waals surface area contributed by atoms with E-state index in [1.54, 1.807) is 0 Å². The maximum atomic E-state index is 11.8. The van der Waals surface area contributed by atoms with Gasteiger partial charge in [0.1, 0.15) is 5.78 Å². The van der Waals surface area contributed by atoms with E-state index in [2.05, 4.69) is 10.0 Å². The summed E-state index contributed by atoms with van der Waals surface area (Å²) in [5.74, 6) is 0.230. The molecule has 0 atom stereocenters. The monoisotopic (exact) mass is 260 g/mol. The third-order valence-corrected chi connectivity index (χ3v) is 2.97. The highest BCUT2D eigenvalue weighted by atomic mass is 16.1. The highest BCUT2D eigenvalue weighted by molar-refractivity contribution is 5.82. The summed E-state index contributed by atoms with van der Waals surface area (Å²) < 4.78 is 0. The molecule has 2 N–H and O–H groups in total. The third kappa shape index (κ3) is 6.48. The Balaban J connectivity index is 2.15. The number of azide groups is 1. The molecule has 0 aromatic heterocycles. The fourth-order valence-corrected chi connectivity index (χ4v) is 1.90. The number of hydrogen-bond acceptors (Lipinski definition) is 3. The van der Waals surface area contributed by atoms with Crippen molar-refractivity contribution in [3.8, 4) is 0 Å². The molecule has 0 fully saturated rings. The number of para-hydroxylation sites is 1. The smallest absolute Gasteiger partial charge is 0.137 e. The summed E-state index contributed by atoms with van der Waals surface area (Å²) in [6, 6.07) is 7.48. The van der Waals surface area contributed by atoms with Crippen molar-refractivity contribution in [3.05, 3.63) is 40.3 Å². The van der Waals surface area contributed by atoms with Crippen molar-refractivity contribution in [1.29, 1.82) is 0 Å². The molecule has 5 nitrogen and oxygen atoms in total. The summed E-state index contributed by atoms with van der Waals surface area (Å²) in [5.41, 5.74) is 15.5. The summed E-state index contributed by atoms with van der Waals surface area (Å²) >= 11 is 0. The van der Waals surface area contributed by atoms with E-state index in [1.807, 2.05) is 24.3 Å². The quantitative estimate of drug-likeness (QED) is 0.241. The van der Waals surface area contributed by atoms with E-state index in [-0.39, 0.29) is 5.78 Å². The normalized spacial score (nSPS) is 9.89. The number of carbonyl (C=O) groups is 1. The highest BCUT2D eigenvalue weighted by Gasteiger charge is 2.05. The van der Waals surface area contributed by atoms with Crippen LogP contribution in [-0.2, 0) is 11.2 Å².